The zero-order valence-corrected chi connectivity index (χ0v) is 19.5. The maximum absolute atomic E-state index is 13.4. The molecule has 32 heavy (non-hydrogen) atoms. The number of hydrogen-bond donors (Lipinski definition) is 4. The van der Waals surface area contributed by atoms with Gasteiger partial charge in [-0.25, -0.2) is 9.59 Å². The summed E-state index contributed by atoms with van der Waals surface area (Å²) in [5, 5.41) is 17.6. The Hall–Kier alpha value is -3.10. The average molecular weight is 447 g/mol. The van der Waals surface area contributed by atoms with Crippen LogP contribution >= 0.6 is 0 Å². The van der Waals surface area contributed by atoms with Crippen LogP contribution in [0.3, 0.4) is 0 Å². The summed E-state index contributed by atoms with van der Waals surface area (Å²) < 4.78 is 0. The molecule has 0 aromatic heterocycles. The molecule has 0 spiro atoms. The van der Waals surface area contributed by atoms with Crippen molar-refractivity contribution in [3.8, 4) is 0 Å². The first-order chi connectivity index (χ1) is 15.0. The van der Waals surface area contributed by atoms with Gasteiger partial charge < -0.3 is 21.1 Å². The Balaban J connectivity index is 2.32. The number of aliphatic carboxylic acids is 1. The van der Waals surface area contributed by atoms with Crippen LogP contribution in [0.25, 0.3) is 0 Å². The Morgan fingerprint density at radius 1 is 1.06 bits per heavy atom. The van der Waals surface area contributed by atoms with Gasteiger partial charge in [-0.1, -0.05) is 60.1 Å². The highest BCUT2D eigenvalue weighted by molar-refractivity contribution is 6.12. The van der Waals surface area contributed by atoms with Crippen molar-refractivity contribution in [3.63, 3.8) is 0 Å². The molecule has 0 saturated carbocycles. The number of benzene rings is 1. The van der Waals surface area contributed by atoms with Crippen LogP contribution in [0.4, 0.5) is 16.2 Å². The molecule has 4 atom stereocenters. The monoisotopic (exact) mass is 446 g/mol. The van der Waals surface area contributed by atoms with Gasteiger partial charge in [0, 0.05) is 0 Å². The minimum atomic E-state index is -1.12. The van der Waals surface area contributed by atoms with Crippen molar-refractivity contribution in [2.75, 3.05) is 10.2 Å². The fourth-order valence-electron chi connectivity index (χ4n) is 3.76. The lowest BCUT2D eigenvalue weighted by molar-refractivity contribution is -0.143. The van der Waals surface area contributed by atoms with Crippen LogP contribution in [0.15, 0.2) is 24.3 Å². The van der Waals surface area contributed by atoms with Gasteiger partial charge in [0.05, 0.1) is 11.4 Å². The molecule has 1 heterocycles. The minimum absolute atomic E-state index is 0.178. The molecule has 9 heteroatoms. The van der Waals surface area contributed by atoms with Crippen molar-refractivity contribution < 1.29 is 24.3 Å². The predicted molar refractivity (Wildman–Crippen MR) is 122 cm³/mol. The Morgan fingerprint density at radius 3 is 2.22 bits per heavy atom. The average Bonchev–Trinajstić information content (AvgIpc) is 2.73. The van der Waals surface area contributed by atoms with Gasteiger partial charge in [0.1, 0.15) is 18.1 Å². The lowest BCUT2D eigenvalue weighted by Crippen LogP contribution is -2.61. The number of amides is 4. The molecule has 2 rings (SSSR count). The van der Waals surface area contributed by atoms with Gasteiger partial charge in [-0.05, 0) is 29.9 Å². The van der Waals surface area contributed by atoms with Crippen molar-refractivity contribution >= 4 is 35.2 Å². The summed E-state index contributed by atoms with van der Waals surface area (Å²) in [6, 6.07) is 3.59. The topological polar surface area (TPSA) is 128 Å². The number of fused-ring (bicyclic) bond motifs is 1. The highest BCUT2D eigenvalue weighted by Gasteiger charge is 2.40. The maximum atomic E-state index is 13.4. The van der Waals surface area contributed by atoms with Gasteiger partial charge in [-0.15, -0.1) is 0 Å². The third-order valence-electron chi connectivity index (χ3n) is 5.82. The summed E-state index contributed by atoms with van der Waals surface area (Å²) >= 11 is 0. The van der Waals surface area contributed by atoms with E-state index in [0.29, 0.717) is 17.8 Å². The molecule has 4 amide bonds. The lowest BCUT2D eigenvalue weighted by atomic mass is 9.96. The van der Waals surface area contributed by atoms with E-state index in [0.717, 1.165) is 0 Å². The van der Waals surface area contributed by atoms with Crippen molar-refractivity contribution in [1.29, 1.82) is 0 Å². The highest BCUT2D eigenvalue weighted by atomic mass is 16.4. The van der Waals surface area contributed by atoms with Gasteiger partial charge in [0.15, 0.2) is 0 Å². The second-order valence-corrected chi connectivity index (χ2v) is 8.95. The predicted octanol–water partition coefficient (Wildman–Crippen LogP) is 2.82. The standard InChI is InChI=1S/C23H34N4O5/c1-7-14(6)18(22(30)31)25-20(28)17(12(2)3)26-23(32)27-16-11-9-8-10-15(16)24-21(29)19(27)13(4)5/h8-14,17-19H,7H2,1-6H3,(H,24,29)(H,25,28)(H,26,32)(H,30,31)/t14-,17-,18-,19+/m1/s1. The van der Waals surface area contributed by atoms with Crippen molar-refractivity contribution in [3.05, 3.63) is 24.3 Å². The summed E-state index contributed by atoms with van der Waals surface area (Å²) in [6.45, 7) is 10.8. The van der Waals surface area contributed by atoms with E-state index < -0.39 is 36.0 Å². The summed E-state index contributed by atoms with van der Waals surface area (Å²) in [5.41, 5.74) is 1.05. The maximum Gasteiger partial charge on any atom is 0.326 e. The van der Waals surface area contributed by atoms with Crippen LogP contribution in [0, 0.1) is 17.8 Å². The molecule has 1 aliphatic rings. The van der Waals surface area contributed by atoms with E-state index in [9.17, 15) is 24.3 Å². The molecular formula is C23H34N4O5. The van der Waals surface area contributed by atoms with E-state index >= 15 is 0 Å². The Kier molecular flexibility index (Phi) is 8.24. The number of nitrogens with one attached hydrogen (secondary N) is 3. The third-order valence-corrected chi connectivity index (χ3v) is 5.82. The van der Waals surface area contributed by atoms with Crippen LogP contribution in [0.1, 0.15) is 48.0 Å². The molecule has 0 bridgehead atoms. The quantitative estimate of drug-likeness (QED) is 0.488. The number of nitrogens with zero attached hydrogens (tertiary/aromatic N) is 1. The number of anilines is 2. The molecule has 1 aromatic carbocycles. The van der Waals surface area contributed by atoms with Gasteiger partial charge >= 0.3 is 12.0 Å². The van der Waals surface area contributed by atoms with Crippen molar-refractivity contribution in [1.82, 2.24) is 10.6 Å². The summed E-state index contributed by atoms with van der Waals surface area (Å²) in [7, 11) is 0. The number of carboxylic acids is 1. The molecule has 0 unspecified atom stereocenters. The van der Waals surface area contributed by atoms with E-state index in [4.69, 9.17) is 0 Å². The van der Waals surface area contributed by atoms with E-state index in [1.165, 1.54) is 4.90 Å². The Bertz CT molecular complexity index is 870. The number of carboxylic acid groups (broad SMARTS) is 1. The van der Waals surface area contributed by atoms with E-state index in [1.54, 1.807) is 45.0 Å². The second-order valence-electron chi connectivity index (χ2n) is 8.95. The second kappa shape index (κ2) is 10.5. The lowest BCUT2D eigenvalue weighted by Gasteiger charge is -2.39. The Morgan fingerprint density at radius 2 is 1.69 bits per heavy atom. The Labute approximate surface area is 188 Å². The number of carbonyl (C=O) groups is 4. The largest absolute Gasteiger partial charge is 0.480 e. The molecule has 0 saturated heterocycles. The summed E-state index contributed by atoms with van der Waals surface area (Å²) in [4.78, 5) is 52.1. The molecule has 176 valence electrons. The smallest absolute Gasteiger partial charge is 0.326 e. The summed E-state index contributed by atoms with van der Waals surface area (Å²) in [6.07, 6.45) is 0.575. The number of rotatable bonds is 8. The minimum Gasteiger partial charge on any atom is -0.480 e. The molecule has 0 radical (unpaired) electrons. The normalized spacial score (nSPS) is 18.4. The number of hydrogen-bond acceptors (Lipinski definition) is 4. The van der Waals surface area contributed by atoms with E-state index in [-0.39, 0.29) is 23.7 Å². The van der Waals surface area contributed by atoms with Crippen LogP contribution < -0.4 is 20.9 Å². The first kappa shape index (κ1) is 25.2. The van der Waals surface area contributed by atoms with E-state index in [2.05, 4.69) is 16.0 Å². The van der Waals surface area contributed by atoms with Crippen LogP contribution in [0.2, 0.25) is 0 Å². The number of carbonyl (C=O) groups excluding carboxylic acids is 3. The molecule has 9 nitrogen and oxygen atoms in total. The molecule has 0 aliphatic carbocycles. The van der Waals surface area contributed by atoms with Gasteiger partial charge in [0.2, 0.25) is 11.8 Å². The molecular weight excluding hydrogens is 412 g/mol. The SMILES string of the molecule is CC[C@@H](C)[C@@H](NC(=O)[C@H](NC(=O)N1c2ccccc2NC(=O)[C@@H]1C(C)C)C(C)C)C(=O)O. The summed E-state index contributed by atoms with van der Waals surface area (Å²) in [5.74, 6) is -2.76. The first-order valence-electron chi connectivity index (χ1n) is 11.0. The van der Waals surface area contributed by atoms with E-state index in [1.807, 2.05) is 20.8 Å². The van der Waals surface area contributed by atoms with Gasteiger partial charge in [0.25, 0.3) is 0 Å². The van der Waals surface area contributed by atoms with Crippen molar-refractivity contribution in [2.45, 2.75) is 66.1 Å². The highest BCUT2D eigenvalue weighted by Crippen LogP contribution is 2.34. The van der Waals surface area contributed by atoms with Gasteiger partial charge in [-0.2, -0.15) is 0 Å². The fraction of sp³-hybridized carbons (Fsp3) is 0.565. The first-order valence-corrected chi connectivity index (χ1v) is 11.0. The van der Waals surface area contributed by atoms with Crippen molar-refractivity contribution in [2.24, 2.45) is 17.8 Å². The molecule has 0 fully saturated rings. The van der Waals surface area contributed by atoms with Gasteiger partial charge in [-0.3, -0.25) is 14.5 Å². The number of para-hydroxylation sites is 2. The molecule has 4 N–H and O–H groups in total. The van der Waals surface area contributed by atoms with Crippen LogP contribution in [0.5, 0.6) is 0 Å². The zero-order chi connectivity index (χ0) is 24.2. The third kappa shape index (κ3) is 5.38. The number of urea groups is 1. The molecule has 1 aliphatic heterocycles. The zero-order valence-electron chi connectivity index (χ0n) is 19.5. The van der Waals surface area contributed by atoms with Crippen LogP contribution in [-0.2, 0) is 14.4 Å². The fourth-order valence-corrected chi connectivity index (χ4v) is 3.76. The molecule has 1 aromatic rings. The van der Waals surface area contributed by atoms with Crippen LogP contribution in [-0.4, -0.2) is 47.0 Å².